The average molecular weight is 256 g/mol. The molecule has 0 saturated heterocycles. The van der Waals surface area contributed by atoms with Gasteiger partial charge >= 0.3 is 0 Å². The maximum atomic E-state index is 11.3. The molecule has 0 saturated carbocycles. The zero-order valence-corrected chi connectivity index (χ0v) is 11.2. The molecule has 3 nitrogen and oxygen atoms in total. The molecule has 1 aromatic carbocycles. The number of hydrogen-bond acceptors (Lipinski definition) is 2. The molecular weight excluding hydrogens is 238 g/mol. The second kappa shape index (κ2) is 6.50. The normalized spacial score (nSPS) is 10.4. The van der Waals surface area contributed by atoms with Gasteiger partial charge in [-0.2, -0.15) is 0 Å². The molecule has 0 unspecified atom stereocenters. The van der Waals surface area contributed by atoms with E-state index in [4.69, 9.17) is 16.3 Å². The first-order chi connectivity index (χ1) is 8.00. The van der Waals surface area contributed by atoms with Crippen LogP contribution in [-0.2, 0) is 4.79 Å². The third kappa shape index (κ3) is 4.65. The van der Waals surface area contributed by atoms with Crippen LogP contribution in [0, 0.1) is 12.8 Å². The minimum absolute atomic E-state index is 0.00673. The summed E-state index contributed by atoms with van der Waals surface area (Å²) >= 11 is 5.84. The lowest BCUT2D eigenvalue weighted by molar-refractivity contribution is -0.124. The van der Waals surface area contributed by atoms with Gasteiger partial charge in [0.25, 0.3) is 0 Å². The van der Waals surface area contributed by atoms with Gasteiger partial charge in [-0.15, -0.1) is 0 Å². The topological polar surface area (TPSA) is 38.3 Å². The fourth-order valence-electron chi connectivity index (χ4n) is 1.31. The maximum absolute atomic E-state index is 11.3. The number of carbonyl (C=O) groups excluding carboxylic acids is 1. The minimum atomic E-state index is 0.00673. The molecule has 0 fully saturated rings. The Kier molecular flexibility index (Phi) is 5.29. The summed E-state index contributed by atoms with van der Waals surface area (Å²) in [4.78, 5) is 11.3. The van der Waals surface area contributed by atoms with E-state index in [2.05, 4.69) is 5.32 Å². The second-order valence-corrected chi connectivity index (χ2v) is 4.64. The van der Waals surface area contributed by atoms with Crippen LogP contribution in [0.25, 0.3) is 0 Å². The zero-order chi connectivity index (χ0) is 12.8. The fraction of sp³-hybridized carbons (Fsp3) is 0.462. The Morgan fingerprint density at radius 1 is 1.47 bits per heavy atom. The van der Waals surface area contributed by atoms with Crippen molar-refractivity contribution >= 4 is 17.5 Å². The summed E-state index contributed by atoms with van der Waals surface area (Å²) < 4.78 is 5.55. The van der Waals surface area contributed by atoms with Gasteiger partial charge in [0, 0.05) is 10.9 Å². The summed E-state index contributed by atoms with van der Waals surface area (Å²) in [5, 5.41) is 3.49. The fourth-order valence-corrected chi connectivity index (χ4v) is 1.54. The molecular formula is C13H18ClNO2. The van der Waals surface area contributed by atoms with Gasteiger partial charge in [-0.05, 0) is 30.7 Å². The van der Waals surface area contributed by atoms with Crippen molar-refractivity contribution in [2.45, 2.75) is 20.8 Å². The van der Waals surface area contributed by atoms with E-state index in [-0.39, 0.29) is 11.8 Å². The van der Waals surface area contributed by atoms with Crippen LogP contribution in [0.1, 0.15) is 19.4 Å². The molecule has 17 heavy (non-hydrogen) atoms. The molecule has 1 amide bonds. The predicted molar refractivity (Wildman–Crippen MR) is 69.5 cm³/mol. The Morgan fingerprint density at radius 2 is 2.18 bits per heavy atom. The Morgan fingerprint density at radius 3 is 2.76 bits per heavy atom. The van der Waals surface area contributed by atoms with E-state index in [0.717, 1.165) is 11.3 Å². The number of rotatable bonds is 5. The molecule has 0 aliphatic heterocycles. The number of halogens is 1. The highest BCUT2D eigenvalue weighted by Crippen LogP contribution is 2.21. The van der Waals surface area contributed by atoms with Crippen LogP contribution in [0.3, 0.4) is 0 Å². The van der Waals surface area contributed by atoms with Gasteiger partial charge < -0.3 is 10.1 Å². The molecule has 0 heterocycles. The summed E-state index contributed by atoms with van der Waals surface area (Å²) in [5.41, 5.74) is 0.993. The SMILES string of the molecule is Cc1cc(Cl)ccc1OCCNC(=O)C(C)C. The van der Waals surface area contributed by atoms with Crippen LogP contribution in [0.4, 0.5) is 0 Å². The molecule has 0 aromatic heterocycles. The number of aryl methyl sites for hydroxylation is 1. The van der Waals surface area contributed by atoms with Crippen LogP contribution < -0.4 is 10.1 Å². The number of amides is 1. The van der Waals surface area contributed by atoms with Crippen molar-refractivity contribution < 1.29 is 9.53 Å². The summed E-state index contributed by atoms with van der Waals surface area (Å²) in [5.74, 6) is 0.849. The molecule has 0 radical (unpaired) electrons. The van der Waals surface area contributed by atoms with Crippen molar-refractivity contribution in [1.82, 2.24) is 5.32 Å². The highest BCUT2D eigenvalue weighted by Gasteiger charge is 2.05. The molecule has 0 aliphatic carbocycles. The van der Waals surface area contributed by atoms with Gasteiger partial charge in [-0.3, -0.25) is 4.79 Å². The lowest BCUT2D eigenvalue weighted by Gasteiger charge is -2.11. The van der Waals surface area contributed by atoms with Crippen molar-refractivity contribution in [3.05, 3.63) is 28.8 Å². The molecule has 1 aromatic rings. The van der Waals surface area contributed by atoms with Gasteiger partial charge in [-0.25, -0.2) is 0 Å². The van der Waals surface area contributed by atoms with E-state index in [0.29, 0.717) is 18.2 Å². The Balaban J connectivity index is 2.34. The van der Waals surface area contributed by atoms with Gasteiger partial charge in [0.2, 0.25) is 5.91 Å². The van der Waals surface area contributed by atoms with Crippen molar-refractivity contribution in [2.24, 2.45) is 5.92 Å². The third-order valence-corrected chi connectivity index (χ3v) is 2.56. The Labute approximate surface area is 107 Å². The predicted octanol–water partition coefficient (Wildman–Crippen LogP) is 2.80. The number of nitrogens with one attached hydrogen (secondary N) is 1. The summed E-state index contributed by atoms with van der Waals surface area (Å²) in [7, 11) is 0. The van der Waals surface area contributed by atoms with Crippen LogP contribution in [0.2, 0.25) is 5.02 Å². The van der Waals surface area contributed by atoms with Crippen molar-refractivity contribution in [3.63, 3.8) is 0 Å². The number of carbonyl (C=O) groups is 1. The summed E-state index contributed by atoms with van der Waals surface area (Å²) in [6.07, 6.45) is 0. The summed E-state index contributed by atoms with van der Waals surface area (Å²) in [6.45, 7) is 6.63. The monoisotopic (exact) mass is 255 g/mol. The first-order valence-corrected chi connectivity index (χ1v) is 6.05. The lowest BCUT2D eigenvalue weighted by Crippen LogP contribution is -2.31. The molecule has 0 aliphatic rings. The van der Waals surface area contributed by atoms with Crippen molar-refractivity contribution in [1.29, 1.82) is 0 Å². The highest BCUT2D eigenvalue weighted by atomic mass is 35.5. The Hall–Kier alpha value is -1.22. The molecule has 0 bridgehead atoms. The molecule has 0 atom stereocenters. The van der Waals surface area contributed by atoms with E-state index in [1.165, 1.54) is 0 Å². The Bertz CT molecular complexity index is 391. The zero-order valence-electron chi connectivity index (χ0n) is 10.4. The molecule has 0 spiro atoms. The van der Waals surface area contributed by atoms with E-state index < -0.39 is 0 Å². The molecule has 94 valence electrons. The van der Waals surface area contributed by atoms with Gasteiger partial charge in [0.15, 0.2) is 0 Å². The van der Waals surface area contributed by atoms with E-state index in [1.807, 2.05) is 32.9 Å². The number of benzene rings is 1. The van der Waals surface area contributed by atoms with Gasteiger partial charge in [-0.1, -0.05) is 25.4 Å². The van der Waals surface area contributed by atoms with E-state index in [1.54, 1.807) is 6.07 Å². The standard InChI is InChI=1S/C13H18ClNO2/c1-9(2)13(16)15-6-7-17-12-5-4-11(14)8-10(12)3/h4-5,8-9H,6-7H2,1-3H3,(H,15,16). The molecule has 1 N–H and O–H groups in total. The highest BCUT2D eigenvalue weighted by molar-refractivity contribution is 6.30. The first-order valence-electron chi connectivity index (χ1n) is 5.67. The van der Waals surface area contributed by atoms with Crippen molar-refractivity contribution in [3.8, 4) is 5.75 Å². The minimum Gasteiger partial charge on any atom is -0.491 e. The first kappa shape index (κ1) is 13.8. The average Bonchev–Trinajstić information content (AvgIpc) is 2.26. The lowest BCUT2D eigenvalue weighted by atomic mass is 10.2. The number of hydrogen-bond donors (Lipinski definition) is 1. The van der Waals surface area contributed by atoms with Crippen LogP contribution in [0.15, 0.2) is 18.2 Å². The smallest absolute Gasteiger partial charge is 0.222 e. The molecule has 4 heteroatoms. The third-order valence-electron chi connectivity index (χ3n) is 2.32. The van der Waals surface area contributed by atoms with Crippen molar-refractivity contribution in [2.75, 3.05) is 13.2 Å². The second-order valence-electron chi connectivity index (χ2n) is 4.20. The van der Waals surface area contributed by atoms with Gasteiger partial charge in [0.05, 0.1) is 6.54 Å². The van der Waals surface area contributed by atoms with Crippen LogP contribution >= 0.6 is 11.6 Å². The summed E-state index contributed by atoms with van der Waals surface area (Å²) in [6, 6.07) is 5.47. The molecule has 1 rings (SSSR count). The van der Waals surface area contributed by atoms with E-state index in [9.17, 15) is 4.79 Å². The quantitative estimate of drug-likeness (QED) is 0.822. The maximum Gasteiger partial charge on any atom is 0.222 e. The van der Waals surface area contributed by atoms with Crippen LogP contribution in [-0.4, -0.2) is 19.1 Å². The van der Waals surface area contributed by atoms with Crippen LogP contribution in [0.5, 0.6) is 5.75 Å². The van der Waals surface area contributed by atoms with Gasteiger partial charge in [0.1, 0.15) is 12.4 Å². The largest absolute Gasteiger partial charge is 0.491 e. The van der Waals surface area contributed by atoms with E-state index >= 15 is 0 Å². The number of ether oxygens (including phenoxy) is 1.